The van der Waals surface area contributed by atoms with Crippen molar-refractivity contribution in [1.82, 2.24) is 14.8 Å². The molecule has 0 unspecified atom stereocenters. The lowest BCUT2D eigenvalue weighted by atomic mass is 10.1. The number of amides is 1. The molecule has 0 aliphatic heterocycles. The summed E-state index contributed by atoms with van der Waals surface area (Å²) in [6.07, 6.45) is 2.66. The summed E-state index contributed by atoms with van der Waals surface area (Å²) in [5.74, 6) is 0.273. The number of carbonyl (C=O) groups excluding carboxylic acids is 1. The first-order valence-corrected chi connectivity index (χ1v) is 9.88. The number of thioether (sulfide) groups is 1. The van der Waals surface area contributed by atoms with Gasteiger partial charge in [-0.2, -0.15) is 0 Å². The Kier molecular flexibility index (Phi) is 5.88. The molecule has 1 amide bonds. The van der Waals surface area contributed by atoms with Crippen LogP contribution >= 0.6 is 23.1 Å². The molecule has 3 aromatic rings. The van der Waals surface area contributed by atoms with Gasteiger partial charge in [0.15, 0.2) is 5.16 Å². The fourth-order valence-electron chi connectivity index (χ4n) is 2.47. The molecule has 0 bridgehead atoms. The van der Waals surface area contributed by atoms with Crippen molar-refractivity contribution in [3.05, 3.63) is 58.0 Å². The maximum Gasteiger partial charge on any atom is 0.234 e. The number of nitrogens with zero attached hydrogens (tertiary/aromatic N) is 3. The lowest BCUT2D eigenvalue weighted by Gasteiger charge is -2.09. The third-order valence-corrected chi connectivity index (χ3v) is 5.66. The maximum absolute atomic E-state index is 12.2. The van der Waals surface area contributed by atoms with Crippen LogP contribution in [0.3, 0.4) is 0 Å². The van der Waals surface area contributed by atoms with Crippen LogP contribution in [0, 0.1) is 13.8 Å². The first kappa shape index (κ1) is 17.7. The number of nitrogens with one attached hydrogen (secondary N) is 1. The minimum Gasteiger partial charge on any atom is -0.325 e. The highest BCUT2D eigenvalue weighted by atomic mass is 32.2. The summed E-state index contributed by atoms with van der Waals surface area (Å²) < 4.78 is 1.99. The van der Waals surface area contributed by atoms with E-state index < -0.39 is 0 Å². The van der Waals surface area contributed by atoms with Crippen LogP contribution < -0.4 is 5.32 Å². The molecule has 3 rings (SSSR count). The molecule has 7 heteroatoms. The summed E-state index contributed by atoms with van der Waals surface area (Å²) in [6.45, 7) is 4.85. The van der Waals surface area contributed by atoms with Gasteiger partial charge in [-0.25, -0.2) is 0 Å². The highest BCUT2D eigenvalue weighted by molar-refractivity contribution is 7.99. The first-order valence-electron chi connectivity index (χ1n) is 8.02. The molecule has 0 aliphatic carbocycles. The zero-order chi connectivity index (χ0) is 17.6. The van der Waals surface area contributed by atoms with Gasteiger partial charge in [0.25, 0.3) is 0 Å². The summed E-state index contributed by atoms with van der Waals surface area (Å²) >= 11 is 3.16. The molecule has 0 atom stereocenters. The number of hydrogen-bond acceptors (Lipinski definition) is 5. The van der Waals surface area contributed by atoms with Gasteiger partial charge in [0.1, 0.15) is 6.33 Å². The van der Waals surface area contributed by atoms with Crippen molar-refractivity contribution in [2.75, 3.05) is 11.1 Å². The Morgan fingerprint density at radius 1 is 1.32 bits per heavy atom. The molecule has 1 aromatic carbocycles. The van der Waals surface area contributed by atoms with Crippen molar-refractivity contribution >= 4 is 34.7 Å². The third kappa shape index (κ3) is 4.93. The van der Waals surface area contributed by atoms with Crippen molar-refractivity contribution in [2.24, 2.45) is 0 Å². The fraction of sp³-hybridized carbons (Fsp3) is 0.278. The normalized spacial score (nSPS) is 10.8. The van der Waals surface area contributed by atoms with E-state index in [-0.39, 0.29) is 5.91 Å². The summed E-state index contributed by atoms with van der Waals surface area (Å²) in [5, 5.41) is 13.9. The highest BCUT2D eigenvalue weighted by Gasteiger charge is 2.10. The van der Waals surface area contributed by atoms with Crippen LogP contribution in [0.25, 0.3) is 0 Å². The van der Waals surface area contributed by atoms with Crippen LogP contribution in [0.15, 0.2) is 47.2 Å². The van der Waals surface area contributed by atoms with Gasteiger partial charge in [-0.3, -0.25) is 4.79 Å². The Bertz CT molecular complexity index is 843. The van der Waals surface area contributed by atoms with E-state index in [9.17, 15) is 4.79 Å². The van der Waals surface area contributed by atoms with E-state index in [4.69, 9.17) is 0 Å². The molecular formula is C18H20N4OS2. The van der Waals surface area contributed by atoms with Gasteiger partial charge < -0.3 is 9.88 Å². The second kappa shape index (κ2) is 8.31. The van der Waals surface area contributed by atoms with Gasteiger partial charge in [0.05, 0.1) is 5.75 Å². The lowest BCUT2D eigenvalue weighted by Crippen LogP contribution is -2.15. The zero-order valence-corrected chi connectivity index (χ0v) is 15.9. The number of thiophene rings is 1. The standard InChI is InChI=1S/C18H20N4OS2/c1-13-5-6-16(14(2)10-13)20-17(23)11-25-18-21-19-12-22(18)8-7-15-4-3-9-24-15/h3-6,9-10,12H,7-8,11H2,1-2H3,(H,20,23). The average Bonchev–Trinajstić information content (AvgIpc) is 3.25. The number of benzene rings is 1. The van der Waals surface area contributed by atoms with Crippen molar-refractivity contribution in [2.45, 2.75) is 32.0 Å². The highest BCUT2D eigenvalue weighted by Crippen LogP contribution is 2.19. The molecule has 2 aromatic heterocycles. The number of aromatic nitrogens is 3. The molecule has 0 saturated carbocycles. The predicted octanol–water partition coefficient (Wildman–Crippen LogP) is 3.93. The molecular weight excluding hydrogens is 352 g/mol. The van der Waals surface area contributed by atoms with Gasteiger partial charge >= 0.3 is 0 Å². The first-order chi connectivity index (χ1) is 12.1. The van der Waals surface area contributed by atoms with Crippen molar-refractivity contribution in [3.63, 3.8) is 0 Å². The summed E-state index contributed by atoms with van der Waals surface area (Å²) in [4.78, 5) is 13.5. The molecule has 130 valence electrons. The molecule has 0 radical (unpaired) electrons. The van der Waals surface area contributed by atoms with E-state index >= 15 is 0 Å². The van der Waals surface area contributed by atoms with Crippen molar-refractivity contribution < 1.29 is 4.79 Å². The van der Waals surface area contributed by atoms with E-state index in [0.29, 0.717) is 5.75 Å². The quantitative estimate of drug-likeness (QED) is 0.639. The SMILES string of the molecule is Cc1ccc(NC(=O)CSc2nncn2CCc2cccs2)c(C)c1. The summed E-state index contributed by atoms with van der Waals surface area (Å²) in [6, 6.07) is 10.2. The maximum atomic E-state index is 12.2. The topological polar surface area (TPSA) is 59.8 Å². The number of hydrogen-bond donors (Lipinski definition) is 1. The van der Waals surface area contributed by atoms with Crippen LogP contribution in [0.1, 0.15) is 16.0 Å². The van der Waals surface area contributed by atoms with E-state index in [1.165, 1.54) is 22.2 Å². The van der Waals surface area contributed by atoms with Crippen molar-refractivity contribution in [3.8, 4) is 0 Å². The second-order valence-corrected chi connectivity index (χ2v) is 7.77. The average molecular weight is 373 g/mol. The predicted molar refractivity (Wildman–Crippen MR) is 103 cm³/mol. The largest absolute Gasteiger partial charge is 0.325 e. The van der Waals surface area contributed by atoms with Crippen LogP contribution in [0.4, 0.5) is 5.69 Å². The number of carbonyl (C=O) groups is 1. The Labute approximate surface area is 155 Å². The monoisotopic (exact) mass is 372 g/mol. The van der Waals surface area contributed by atoms with E-state index in [1.54, 1.807) is 17.7 Å². The van der Waals surface area contributed by atoms with Crippen LogP contribution in [-0.2, 0) is 17.8 Å². The molecule has 0 aliphatic rings. The van der Waals surface area contributed by atoms with Gasteiger partial charge in [0, 0.05) is 17.1 Å². The van der Waals surface area contributed by atoms with Gasteiger partial charge in [0.2, 0.25) is 5.91 Å². The lowest BCUT2D eigenvalue weighted by molar-refractivity contribution is -0.113. The fourth-order valence-corrected chi connectivity index (χ4v) is 3.90. The van der Waals surface area contributed by atoms with Crippen LogP contribution in [0.5, 0.6) is 0 Å². The minimum absolute atomic E-state index is 0.0373. The molecule has 25 heavy (non-hydrogen) atoms. The molecule has 0 spiro atoms. The zero-order valence-electron chi connectivity index (χ0n) is 14.2. The van der Waals surface area contributed by atoms with Crippen LogP contribution in [-0.4, -0.2) is 26.4 Å². The second-order valence-electron chi connectivity index (χ2n) is 5.79. The molecule has 1 N–H and O–H groups in total. The smallest absolute Gasteiger partial charge is 0.234 e. The van der Waals surface area contributed by atoms with E-state index in [0.717, 1.165) is 29.4 Å². The van der Waals surface area contributed by atoms with Gasteiger partial charge in [-0.05, 0) is 43.3 Å². The summed E-state index contributed by atoms with van der Waals surface area (Å²) in [7, 11) is 0. The molecule has 2 heterocycles. The minimum atomic E-state index is -0.0373. The molecule has 0 saturated heterocycles. The Morgan fingerprint density at radius 3 is 2.96 bits per heavy atom. The number of anilines is 1. The number of aryl methyl sites for hydroxylation is 4. The van der Waals surface area contributed by atoms with Gasteiger partial charge in [-0.1, -0.05) is 35.5 Å². The Hall–Kier alpha value is -2.12. The number of rotatable bonds is 7. The third-order valence-electron chi connectivity index (χ3n) is 3.75. The Balaban J connectivity index is 1.53. The van der Waals surface area contributed by atoms with E-state index in [2.05, 4.69) is 39.1 Å². The van der Waals surface area contributed by atoms with Crippen LogP contribution in [0.2, 0.25) is 0 Å². The Morgan fingerprint density at radius 2 is 2.20 bits per heavy atom. The molecule has 0 fully saturated rings. The van der Waals surface area contributed by atoms with Gasteiger partial charge in [-0.15, -0.1) is 21.5 Å². The van der Waals surface area contributed by atoms with E-state index in [1.807, 2.05) is 30.5 Å². The van der Waals surface area contributed by atoms with Crippen molar-refractivity contribution in [1.29, 1.82) is 0 Å². The molecule has 5 nitrogen and oxygen atoms in total. The summed E-state index contributed by atoms with van der Waals surface area (Å²) in [5.41, 5.74) is 3.11.